The lowest BCUT2D eigenvalue weighted by atomic mass is 9.77. The molecule has 6 heteroatoms. The second-order valence-electron chi connectivity index (χ2n) is 6.25. The molecule has 6 nitrogen and oxygen atoms in total. The fourth-order valence-electron chi connectivity index (χ4n) is 3.13. The highest BCUT2D eigenvalue weighted by molar-refractivity contribution is 5.97. The Morgan fingerprint density at radius 3 is 2.82 bits per heavy atom. The second-order valence-corrected chi connectivity index (χ2v) is 6.25. The number of amides is 1. The number of nitrogens with zero attached hydrogens (tertiary/aromatic N) is 3. The minimum Gasteiger partial charge on any atom is -0.396 e. The lowest BCUT2D eigenvalue weighted by Gasteiger charge is -2.40. The van der Waals surface area contributed by atoms with Crippen LogP contribution in [0.4, 0.5) is 0 Å². The number of aromatic nitrogens is 3. The number of H-pyrrole nitrogens is 1. The summed E-state index contributed by atoms with van der Waals surface area (Å²) in [6, 6.07) is 1.86. The third kappa shape index (κ3) is 2.47. The standard InChI is InChI=1S/C16H22N4O2/c1-3-16(10-21)4-6-20(7-5-16)15(22)12-8-13-11(2)18-19-14(13)17-9-12/h8-9,21H,3-7,10H2,1-2H3,(H,17,18,19). The second kappa shape index (κ2) is 5.68. The van der Waals surface area contributed by atoms with Gasteiger partial charge in [0.15, 0.2) is 5.65 Å². The molecule has 3 rings (SSSR count). The van der Waals surface area contributed by atoms with Gasteiger partial charge in [-0.15, -0.1) is 0 Å². The number of aryl methyl sites for hydroxylation is 1. The number of aliphatic hydroxyl groups excluding tert-OH is 1. The Labute approximate surface area is 129 Å². The van der Waals surface area contributed by atoms with Crippen molar-refractivity contribution in [3.05, 3.63) is 23.5 Å². The lowest BCUT2D eigenvalue weighted by Crippen LogP contribution is -2.44. The fraction of sp³-hybridized carbons (Fsp3) is 0.562. The van der Waals surface area contributed by atoms with Gasteiger partial charge in [0, 0.05) is 37.0 Å². The van der Waals surface area contributed by atoms with E-state index >= 15 is 0 Å². The van der Waals surface area contributed by atoms with Gasteiger partial charge in [-0.2, -0.15) is 5.10 Å². The van der Waals surface area contributed by atoms with Gasteiger partial charge in [-0.3, -0.25) is 9.89 Å². The molecule has 1 amide bonds. The van der Waals surface area contributed by atoms with Crippen molar-refractivity contribution >= 4 is 16.9 Å². The van der Waals surface area contributed by atoms with Gasteiger partial charge >= 0.3 is 0 Å². The largest absolute Gasteiger partial charge is 0.396 e. The molecule has 1 aliphatic rings. The topological polar surface area (TPSA) is 82.1 Å². The maximum atomic E-state index is 12.7. The highest BCUT2D eigenvalue weighted by atomic mass is 16.3. The van der Waals surface area contributed by atoms with Crippen LogP contribution in [0, 0.1) is 12.3 Å². The average molecular weight is 302 g/mol. The van der Waals surface area contributed by atoms with Crippen molar-refractivity contribution in [2.24, 2.45) is 5.41 Å². The number of hydrogen-bond donors (Lipinski definition) is 2. The quantitative estimate of drug-likeness (QED) is 0.907. The molecule has 0 atom stereocenters. The molecule has 0 radical (unpaired) electrons. The summed E-state index contributed by atoms with van der Waals surface area (Å²) in [4.78, 5) is 18.8. The first-order chi connectivity index (χ1) is 10.6. The molecule has 1 aliphatic heterocycles. The first-order valence-corrected chi connectivity index (χ1v) is 7.79. The molecular formula is C16H22N4O2. The zero-order valence-corrected chi connectivity index (χ0v) is 13.1. The molecule has 2 N–H and O–H groups in total. The van der Waals surface area contributed by atoms with E-state index in [-0.39, 0.29) is 17.9 Å². The summed E-state index contributed by atoms with van der Waals surface area (Å²) < 4.78 is 0. The normalized spacial score (nSPS) is 17.9. The number of hydrogen-bond acceptors (Lipinski definition) is 4. The van der Waals surface area contributed by atoms with Crippen molar-refractivity contribution in [2.75, 3.05) is 19.7 Å². The Bertz CT molecular complexity index is 681. The number of aromatic amines is 1. The zero-order chi connectivity index (χ0) is 15.7. The molecule has 3 heterocycles. The fourth-order valence-corrected chi connectivity index (χ4v) is 3.13. The number of carbonyl (C=O) groups is 1. The molecule has 0 saturated carbocycles. The molecule has 118 valence electrons. The van der Waals surface area contributed by atoms with Crippen LogP contribution in [0.15, 0.2) is 12.3 Å². The van der Waals surface area contributed by atoms with E-state index in [2.05, 4.69) is 22.1 Å². The number of nitrogens with one attached hydrogen (secondary N) is 1. The number of rotatable bonds is 3. The monoisotopic (exact) mass is 302 g/mol. The van der Waals surface area contributed by atoms with E-state index in [4.69, 9.17) is 0 Å². The molecule has 0 aliphatic carbocycles. The summed E-state index contributed by atoms with van der Waals surface area (Å²) in [6.07, 6.45) is 4.25. The van der Waals surface area contributed by atoms with Gasteiger partial charge in [0.1, 0.15) is 0 Å². The molecule has 2 aromatic rings. The number of likely N-dealkylation sites (tertiary alicyclic amines) is 1. The predicted octanol–water partition coefficient (Wildman–Crippen LogP) is 1.89. The van der Waals surface area contributed by atoms with E-state index in [0.717, 1.165) is 30.3 Å². The molecule has 1 fully saturated rings. The molecule has 2 aromatic heterocycles. The van der Waals surface area contributed by atoms with Crippen molar-refractivity contribution in [1.29, 1.82) is 0 Å². The Hall–Kier alpha value is -1.95. The van der Waals surface area contributed by atoms with E-state index in [1.54, 1.807) is 6.20 Å². The van der Waals surface area contributed by atoms with Gasteiger partial charge in [0.2, 0.25) is 0 Å². The zero-order valence-electron chi connectivity index (χ0n) is 13.1. The third-order valence-corrected chi connectivity index (χ3v) is 5.04. The van der Waals surface area contributed by atoms with Crippen molar-refractivity contribution in [3.63, 3.8) is 0 Å². The summed E-state index contributed by atoms with van der Waals surface area (Å²) >= 11 is 0. The van der Waals surface area contributed by atoms with Crippen LogP contribution in [0.3, 0.4) is 0 Å². The smallest absolute Gasteiger partial charge is 0.255 e. The van der Waals surface area contributed by atoms with Gasteiger partial charge < -0.3 is 10.0 Å². The average Bonchev–Trinajstić information content (AvgIpc) is 2.95. The summed E-state index contributed by atoms with van der Waals surface area (Å²) in [6.45, 7) is 5.61. The van der Waals surface area contributed by atoms with Gasteiger partial charge in [-0.25, -0.2) is 4.98 Å². The van der Waals surface area contributed by atoms with Crippen molar-refractivity contribution < 1.29 is 9.90 Å². The number of carbonyl (C=O) groups excluding carboxylic acids is 1. The SMILES string of the molecule is CCC1(CO)CCN(C(=O)c2cnc3n[nH]c(C)c3c2)CC1. The van der Waals surface area contributed by atoms with Crippen LogP contribution in [0.1, 0.15) is 42.2 Å². The molecule has 22 heavy (non-hydrogen) atoms. The van der Waals surface area contributed by atoms with Crippen molar-refractivity contribution in [3.8, 4) is 0 Å². The van der Waals surface area contributed by atoms with Crippen LogP contribution in [0.25, 0.3) is 11.0 Å². The minimum absolute atomic E-state index is 0.0117. The molecule has 0 bridgehead atoms. The Morgan fingerprint density at radius 1 is 1.45 bits per heavy atom. The maximum Gasteiger partial charge on any atom is 0.255 e. The van der Waals surface area contributed by atoms with Crippen LogP contribution in [-0.2, 0) is 0 Å². The molecule has 0 unspecified atom stereocenters. The highest BCUT2D eigenvalue weighted by Gasteiger charge is 2.34. The minimum atomic E-state index is -0.0138. The highest BCUT2D eigenvalue weighted by Crippen LogP contribution is 2.34. The van der Waals surface area contributed by atoms with E-state index in [1.807, 2.05) is 17.9 Å². The summed E-state index contributed by atoms with van der Waals surface area (Å²) in [5, 5.41) is 17.4. The molecule has 0 aromatic carbocycles. The van der Waals surface area contributed by atoms with E-state index in [1.165, 1.54) is 0 Å². The van der Waals surface area contributed by atoms with E-state index in [9.17, 15) is 9.90 Å². The van der Waals surface area contributed by atoms with Crippen LogP contribution >= 0.6 is 0 Å². The predicted molar refractivity (Wildman–Crippen MR) is 83.6 cm³/mol. The Morgan fingerprint density at radius 2 is 2.18 bits per heavy atom. The van der Waals surface area contributed by atoms with Gasteiger partial charge in [0.05, 0.1) is 5.56 Å². The summed E-state index contributed by atoms with van der Waals surface area (Å²) in [5.41, 5.74) is 2.14. The molecule has 1 saturated heterocycles. The molecule has 0 spiro atoms. The van der Waals surface area contributed by atoms with Crippen LogP contribution in [0.2, 0.25) is 0 Å². The van der Waals surface area contributed by atoms with Crippen LogP contribution in [0.5, 0.6) is 0 Å². The Kier molecular flexibility index (Phi) is 3.87. The number of fused-ring (bicyclic) bond motifs is 1. The third-order valence-electron chi connectivity index (χ3n) is 5.04. The van der Waals surface area contributed by atoms with Crippen LogP contribution < -0.4 is 0 Å². The number of pyridine rings is 1. The first-order valence-electron chi connectivity index (χ1n) is 7.79. The number of piperidine rings is 1. The Balaban J connectivity index is 1.77. The summed E-state index contributed by atoms with van der Waals surface area (Å²) in [7, 11) is 0. The maximum absolute atomic E-state index is 12.7. The van der Waals surface area contributed by atoms with Gasteiger partial charge in [-0.1, -0.05) is 6.92 Å². The molecular weight excluding hydrogens is 280 g/mol. The van der Waals surface area contributed by atoms with Crippen molar-refractivity contribution in [2.45, 2.75) is 33.1 Å². The van der Waals surface area contributed by atoms with Gasteiger partial charge in [-0.05, 0) is 37.7 Å². The van der Waals surface area contributed by atoms with Crippen LogP contribution in [-0.4, -0.2) is 50.8 Å². The van der Waals surface area contributed by atoms with E-state index < -0.39 is 0 Å². The summed E-state index contributed by atoms with van der Waals surface area (Å²) in [5.74, 6) is 0.0117. The first kappa shape index (κ1) is 15.0. The van der Waals surface area contributed by atoms with E-state index in [0.29, 0.717) is 24.3 Å². The number of aliphatic hydroxyl groups is 1. The lowest BCUT2D eigenvalue weighted by molar-refractivity contribution is 0.0338. The van der Waals surface area contributed by atoms with Gasteiger partial charge in [0.25, 0.3) is 5.91 Å². The van der Waals surface area contributed by atoms with Crippen molar-refractivity contribution in [1.82, 2.24) is 20.1 Å².